The minimum absolute atomic E-state index is 0.0514. The maximum absolute atomic E-state index is 12.7. The predicted molar refractivity (Wildman–Crippen MR) is 139 cm³/mol. The molecule has 1 saturated heterocycles. The van der Waals surface area contributed by atoms with Crippen molar-refractivity contribution in [2.45, 2.75) is 63.8 Å². The molecule has 1 N–H and O–H groups in total. The van der Waals surface area contributed by atoms with Crippen LogP contribution in [-0.2, 0) is 22.7 Å². The van der Waals surface area contributed by atoms with Crippen molar-refractivity contribution in [3.63, 3.8) is 0 Å². The van der Waals surface area contributed by atoms with Crippen molar-refractivity contribution in [1.82, 2.24) is 25.0 Å². The lowest BCUT2D eigenvalue weighted by Gasteiger charge is -2.20. The molecular formula is C27H33N5O2S. The molecule has 184 valence electrons. The number of benzene rings is 2. The maximum Gasteiger partial charge on any atom is 0.230 e. The van der Waals surface area contributed by atoms with Gasteiger partial charge in [-0.3, -0.25) is 9.59 Å². The molecule has 0 unspecified atom stereocenters. The van der Waals surface area contributed by atoms with Crippen LogP contribution in [0, 0.1) is 0 Å². The highest BCUT2D eigenvalue weighted by Gasteiger charge is 2.21. The van der Waals surface area contributed by atoms with Crippen LogP contribution in [0.2, 0.25) is 0 Å². The van der Waals surface area contributed by atoms with Crippen LogP contribution in [0.1, 0.15) is 57.0 Å². The van der Waals surface area contributed by atoms with Crippen LogP contribution in [0.25, 0.3) is 11.1 Å². The van der Waals surface area contributed by atoms with Crippen molar-refractivity contribution in [1.29, 1.82) is 0 Å². The number of nitrogens with zero attached hydrogens (tertiary/aromatic N) is 4. The Labute approximate surface area is 211 Å². The molecule has 8 heteroatoms. The Balaban J connectivity index is 1.31. The molecule has 0 bridgehead atoms. The third-order valence-corrected chi connectivity index (χ3v) is 7.31. The number of thioether (sulfide) groups is 1. The summed E-state index contributed by atoms with van der Waals surface area (Å²) >= 11 is 1.38. The Morgan fingerprint density at radius 2 is 1.77 bits per heavy atom. The van der Waals surface area contributed by atoms with E-state index in [0.29, 0.717) is 24.7 Å². The second-order valence-corrected chi connectivity index (χ2v) is 9.78. The quantitative estimate of drug-likeness (QED) is 0.434. The monoisotopic (exact) mass is 491 g/mol. The zero-order valence-electron chi connectivity index (χ0n) is 20.4. The third-order valence-electron chi connectivity index (χ3n) is 6.34. The van der Waals surface area contributed by atoms with Gasteiger partial charge in [-0.05, 0) is 43.4 Å². The van der Waals surface area contributed by atoms with Gasteiger partial charge in [0.2, 0.25) is 11.8 Å². The fraction of sp³-hybridized carbons (Fsp3) is 0.407. The molecule has 1 aliphatic rings. The molecule has 0 saturated carbocycles. The Bertz CT molecular complexity index is 1130. The van der Waals surface area contributed by atoms with Crippen molar-refractivity contribution >= 4 is 23.6 Å². The summed E-state index contributed by atoms with van der Waals surface area (Å²) < 4.78 is 2.00. The standard InChI is InChI=1S/C27H33N5O2S/c1-3-32-24(18-31-17-9-5-8-12-26(31)34)29-30-27(32)35-19-25(33)28-20(2)21-13-15-23(16-14-21)22-10-6-4-7-11-22/h4,6-7,10-11,13-16,20H,3,5,8-9,12,17-19H2,1-2H3,(H,28,33)/t20-/m1/s1. The molecule has 7 nitrogen and oxygen atoms in total. The molecule has 0 radical (unpaired) electrons. The first-order valence-electron chi connectivity index (χ1n) is 12.3. The lowest BCUT2D eigenvalue weighted by atomic mass is 10.0. The Kier molecular flexibility index (Phi) is 8.58. The van der Waals surface area contributed by atoms with E-state index >= 15 is 0 Å². The first kappa shape index (κ1) is 25.0. The van der Waals surface area contributed by atoms with Gasteiger partial charge in [0, 0.05) is 19.5 Å². The van der Waals surface area contributed by atoms with E-state index in [0.717, 1.165) is 42.8 Å². The molecular weight excluding hydrogens is 458 g/mol. The average Bonchev–Trinajstić information content (AvgIpc) is 3.16. The van der Waals surface area contributed by atoms with E-state index < -0.39 is 0 Å². The van der Waals surface area contributed by atoms with Crippen LogP contribution in [0.4, 0.5) is 0 Å². The second-order valence-electron chi connectivity index (χ2n) is 8.83. The van der Waals surface area contributed by atoms with Crippen molar-refractivity contribution in [3.05, 3.63) is 66.0 Å². The fourth-order valence-electron chi connectivity index (χ4n) is 4.33. The van der Waals surface area contributed by atoms with Crippen LogP contribution in [0.5, 0.6) is 0 Å². The lowest BCUT2D eigenvalue weighted by Crippen LogP contribution is -2.31. The molecule has 1 aliphatic heterocycles. The minimum Gasteiger partial charge on any atom is -0.349 e. The molecule has 4 rings (SSSR count). The highest BCUT2D eigenvalue weighted by atomic mass is 32.2. The van der Waals surface area contributed by atoms with E-state index in [1.807, 2.05) is 41.5 Å². The lowest BCUT2D eigenvalue weighted by molar-refractivity contribution is -0.131. The highest BCUT2D eigenvalue weighted by molar-refractivity contribution is 7.99. The van der Waals surface area contributed by atoms with Gasteiger partial charge in [-0.15, -0.1) is 10.2 Å². The van der Waals surface area contributed by atoms with E-state index in [-0.39, 0.29) is 23.6 Å². The van der Waals surface area contributed by atoms with E-state index in [1.165, 1.54) is 17.3 Å². The normalized spacial score (nSPS) is 15.0. The topological polar surface area (TPSA) is 80.1 Å². The molecule has 3 aromatic rings. The number of hydrogen-bond acceptors (Lipinski definition) is 5. The van der Waals surface area contributed by atoms with Gasteiger partial charge in [-0.2, -0.15) is 0 Å². The summed E-state index contributed by atoms with van der Waals surface area (Å²) in [5.41, 5.74) is 3.39. The molecule has 2 amide bonds. The summed E-state index contributed by atoms with van der Waals surface area (Å²) in [4.78, 5) is 26.9. The number of rotatable bonds is 9. The van der Waals surface area contributed by atoms with Gasteiger partial charge < -0.3 is 14.8 Å². The van der Waals surface area contributed by atoms with Crippen LogP contribution >= 0.6 is 11.8 Å². The molecule has 0 aliphatic carbocycles. The largest absolute Gasteiger partial charge is 0.349 e. The molecule has 0 spiro atoms. The first-order chi connectivity index (χ1) is 17.0. The molecule has 1 aromatic heterocycles. The molecule has 1 atom stereocenters. The number of likely N-dealkylation sites (tertiary alicyclic amines) is 1. The molecule has 2 heterocycles. The first-order valence-corrected chi connectivity index (χ1v) is 13.3. The smallest absolute Gasteiger partial charge is 0.230 e. The van der Waals surface area contributed by atoms with Crippen molar-refractivity contribution in [3.8, 4) is 11.1 Å². The van der Waals surface area contributed by atoms with Gasteiger partial charge in [0.15, 0.2) is 11.0 Å². The Morgan fingerprint density at radius 3 is 2.51 bits per heavy atom. The van der Waals surface area contributed by atoms with Gasteiger partial charge in [-0.25, -0.2) is 0 Å². The number of carbonyl (C=O) groups is 2. The van der Waals surface area contributed by atoms with Gasteiger partial charge in [0.25, 0.3) is 0 Å². The van der Waals surface area contributed by atoms with Crippen LogP contribution in [0.15, 0.2) is 59.8 Å². The summed E-state index contributed by atoms with van der Waals surface area (Å²) in [6.45, 7) is 5.96. The van der Waals surface area contributed by atoms with Crippen molar-refractivity contribution < 1.29 is 9.59 Å². The summed E-state index contributed by atoms with van der Waals surface area (Å²) in [6.07, 6.45) is 3.69. The Hall–Kier alpha value is -3.13. The van der Waals surface area contributed by atoms with Gasteiger partial charge in [0.05, 0.1) is 18.3 Å². The molecule has 1 fully saturated rings. The Morgan fingerprint density at radius 1 is 1.03 bits per heavy atom. The zero-order valence-corrected chi connectivity index (χ0v) is 21.3. The van der Waals surface area contributed by atoms with Crippen molar-refractivity contribution in [2.75, 3.05) is 12.3 Å². The number of amides is 2. The van der Waals surface area contributed by atoms with Crippen LogP contribution in [-0.4, -0.2) is 43.8 Å². The fourth-order valence-corrected chi connectivity index (χ4v) is 5.16. The predicted octanol–water partition coefficient (Wildman–Crippen LogP) is 4.84. The van der Waals surface area contributed by atoms with Crippen molar-refractivity contribution in [2.24, 2.45) is 0 Å². The van der Waals surface area contributed by atoms with E-state index in [2.05, 4.69) is 51.9 Å². The van der Waals surface area contributed by atoms with Gasteiger partial charge >= 0.3 is 0 Å². The number of carbonyl (C=O) groups excluding carboxylic acids is 2. The highest BCUT2D eigenvalue weighted by Crippen LogP contribution is 2.23. The summed E-state index contributed by atoms with van der Waals surface area (Å²) in [5, 5.41) is 12.4. The minimum atomic E-state index is -0.0958. The maximum atomic E-state index is 12.7. The van der Waals surface area contributed by atoms with E-state index in [1.54, 1.807) is 0 Å². The molecule has 2 aromatic carbocycles. The van der Waals surface area contributed by atoms with Crippen LogP contribution < -0.4 is 5.32 Å². The van der Waals surface area contributed by atoms with E-state index in [9.17, 15) is 9.59 Å². The van der Waals surface area contributed by atoms with Crippen LogP contribution in [0.3, 0.4) is 0 Å². The number of hydrogen-bond donors (Lipinski definition) is 1. The summed E-state index contributed by atoms with van der Waals surface area (Å²) in [7, 11) is 0. The number of nitrogens with one attached hydrogen (secondary N) is 1. The molecule has 35 heavy (non-hydrogen) atoms. The second kappa shape index (κ2) is 12.0. The van der Waals surface area contributed by atoms with Gasteiger partial charge in [-0.1, -0.05) is 72.8 Å². The zero-order chi connectivity index (χ0) is 24.6. The van der Waals surface area contributed by atoms with Gasteiger partial charge in [0.1, 0.15) is 0 Å². The average molecular weight is 492 g/mol. The number of aromatic nitrogens is 3. The SMILES string of the molecule is CCn1c(CN2CCCCCC2=O)nnc1SCC(=O)N[C@H](C)c1ccc(-c2ccccc2)cc1. The summed E-state index contributed by atoms with van der Waals surface area (Å²) in [6, 6.07) is 18.4. The van der Waals surface area contributed by atoms with E-state index in [4.69, 9.17) is 0 Å². The summed E-state index contributed by atoms with van der Waals surface area (Å²) in [5.74, 6) is 1.17. The third kappa shape index (κ3) is 6.51.